The number of fused-ring (bicyclic) bond motifs is 1. The quantitative estimate of drug-likeness (QED) is 0.393. The minimum atomic E-state index is -0.359. The molecule has 136 valence electrons. The normalized spacial score (nSPS) is 10.9. The summed E-state index contributed by atoms with van der Waals surface area (Å²) in [6.45, 7) is 5.21. The van der Waals surface area contributed by atoms with E-state index in [0.29, 0.717) is 22.3 Å². The third-order valence-electron chi connectivity index (χ3n) is 3.95. The van der Waals surface area contributed by atoms with Crippen LogP contribution in [0.5, 0.6) is 0 Å². The highest BCUT2D eigenvalue weighted by molar-refractivity contribution is 7.80. The van der Waals surface area contributed by atoms with Crippen molar-refractivity contribution in [3.05, 3.63) is 57.2 Å². The fourth-order valence-electron chi connectivity index (χ4n) is 2.63. The summed E-state index contributed by atoms with van der Waals surface area (Å²) in [5, 5.41) is 12.6. The Bertz CT molecular complexity index is 993. The molecule has 0 unspecified atom stereocenters. The first kappa shape index (κ1) is 18.4. The molecule has 1 aromatic carbocycles. The van der Waals surface area contributed by atoms with Crippen LogP contribution in [0, 0.1) is 13.8 Å². The number of hydrogen-bond donors (Lipinski definition) is 2. The van der Waals surface area contributed by atoms with E-state index in [4.69, 9.17) is 28.2 Å². The van der Waals surface area contributed by atoms with Crippen molar-refractivity contribution in [2.24, 2.45) is 0 Å². The lowest BCUT2D eigenvalue weighted by Gasteiger charge is -2.11. The number of aryl methyl sites for hydroxylation is 3. The second-order valence-corrected chi connectivity index (χ2v) is 6.83. The zero-order chi connectivity index (χ0) is 18.7. The molecule has 0 saturated carbocycles. The predicted octanol–water partition coefficient (Wildman–Crippen LogP) is 3.64. The first-order valence-electron chi connectivity index (χ1n) is 8.21. The van der Waals surface area contributed by atoms with Crippen molar-refractivity contribution in [3.63, 3.8) is 0 Å². The number of thiocarbonyl (C=S) groups is 1. The minimum absolute atomic E-state index is 0.359. The molecule has 0 aliphatic heterocycles. The molecule has 0 radical (unpaired) electrons. The monoisotopic (exact) mass is 390 g/mol. The third-order valence-corrected chi connectivity index (χ3v) is 4.56. The number of anilines is 1. The van der Waals surface area contributed by atoms with Gasteiger partial charge in [-0.05, 0) is 50.2 Å². The van der Waals surface area contributed by atoms with E-state index < -0.39 is 0 Å². The van der Waals surface area contributed by atoms with E-state index in [2.05, 4.69) is 15.7 Å². The van der Waals surface area contributed by atoms with Gasteiger partial charge in [0.25, 0.3) is 0 Å². The number of aromatic nitrogens is 2. The second-order valence-electron chi connectivity index (χ2n) is 6.02. The summed E-state index contributed by atoms with van der Waals surface area (Å²) in [6.07, 6.45) is 2.67. The number of nitrogens with zero attached hydrogens (tertiary/aromatic N) is 2. The van der Waals surface area contributed by atoms with Crippen LogP contribution in [0.1, 0.15) is 17.7 Å². The Morgan fingerprint density at radius 1 is 1.35 bits per heavy atom. The minimum Gasteiger partial charge on any atom is -0.423 e. The van der Waals surface area contributed by atoms with Crippen LogP contribution in [-0.4, -0.2) is 21.4 Å². The SMILES string of the molecule is Cc1nn(CCCNC(=S)Nc2ccc3c(C)cc(=O)oc3c2)cc1Cl. The van der Waals surface area contributed by atoms with E-state index in [-0.39, 0.29) is 5.63 Å². The summed E-state index contributed by atoms with van der Waals surface area (Å²) in [5.74, 6) is 0. The van der Waals surface area contributed by atoms with E-state index in [0.717, 1.165) is 35.3 Å². The Balaban J connectivity index is 1.53. The van der Waals surface area contributed by atoms with Crippen LogP contribution in [0.2, 0.25) is 5.02 Å². The highest BCUT2D eigenvalue weighted by atomic mass is 35.5. The fraction of sp³-hybridized carbons (Fsp3) is 0.278. The summed E-state index contributed by atoms with van der Waals surface area (Å²) < 4.78 is 7.07. The van der Waals surface area contributed by atoms with Gasteiger partial charge < -0.3 is 15.1 Å². The van der Waals surface area contributed by atoms with Gasteiger partial charge in [-0.2, -0.15) is 5.10 Å². The number of halogens is 1. The molecule has 0 bridgehead atoms. The van der Waals surface area contributed by atoms with Crippen molar-refractivity contribution >= 4 is 45.6 Å². The highest BCUT2D eigenvalue weighted by Gasteiger charge is 2.05. The Morgan fingerprint density at radius 3 is 2.88 bits per heavy atom. The lowest BCUT2D eigenvalue weighted by Crippen LogP contribution is -2.29. The topological polar surface area (TPSA) is 72.1 Å². The molecule has 2 heterocycles. The number of rotatable bonds is 5. The van der Waals surface area contributed by atoms with Gasteiger partial charge in [-0.15, -0.1) is 0 Å². The number of nitrogens with one attached hydrogen (secondary N) is 2. The molecule has 0 fully saturated rings. The van der Waals surface area contributed by atoms with Crippen LogP contribution in [0.15, 0.2) is 39.7 Å². The molecule has 2 aromatic heterocycles. The van der Waals surface area contributed by atoms with E-state index in [9.17, 15) is 4.79 Å². The van der Waals surface area contributed by atoms with Crippen LogP contribution >= 0.6 is 23.8 Å². The van der Waals surface area contributed by atoms with Crippen molar-refractivity contribution in [3.8, 4) is 0 Å². The van der Waals surface area contributed by atoms with Gasteiger partial charge in [-0.3, -0.25) is 4.68 Å². The molecule has 0 atom stereocenters. The molecular formula is C18H19ClN4O2S. The average molecular weight is 391 g/mol. The van der Waals surface area contributed by atoms with Gasteiger partial charge in [0.15, 0.2) is 5.11 Å². The van der Waals surface area contributed by atoms with Crippen LogP contribution in [0.25, 0.3) is 11.0 Å². The Hall–Kier alpha value is -2.38. The lowest BCUT2D eigenvalue weighted by molar-refractivity contribution is 0.560. The van der Waals surface area contributed by atoms with Crippen LogP contribution < -0.4 is 16.3 Å². The maximum atomic E-state index is 11.5. The van der Waals surface area contributed by atoms with Gasteiger partial charge in [0, 0.05) is 42.5 Å². The molecule has 26 heavy (non-hydrogen) atoms. The van der Waals surface area contributed by atoms with Gasteiger partial charge in [0.2, 0.25) is 0 Å². The number of hydrogen-bond acceptors (Lipinski definition) is 4. The highest BCUT2D eigenvalue weighted by Crippen LogP contribution is 2.20. The maximum absolute atomic E-state index is 11.5. The molecule has 8 heteroatoms. The molecule has 3 rings (SSSR count). The summed E-state index contributed by atoms with van der Waals surface area (Å²) in [5.41, 5.74) is 2.65. The lowest BCUT2D eigenvalue weighted by atomic mass is 10.1. The zero-order valence-corrected chi connectivity index (χ0v) is 16.1. The molecule has 0 saturated heterocycles. The standard InChI is InChI=1S/C18H19ClN4O2S/c1-11-8-17(24)25-16-9-13(4-5-14(11)16)21-18(26)20-6-3-7-23-10-15(19)12(2)22-23/h4-5,8-10H,3,6-7H2,1-2H3,(H2,20,21,26). The molecule has 0 spiro atoms. The van der Waals surface area contributed by atoms with Gasteiger partial charge in [0.05, 0.1) is 10.7 Å². The molecule has 6 nitrogen and oxygen atoms in total. The molecule has 2 N–H and O–H groups in total. The van der Waals surface area contributed by atoms with E-state index in [1.54, 1.807) is 6.07 Å². The summed E-state index contributed by atoms with van der Waals surface area (Å²) >= 11 is 11.3. The van der Waals surface area contributed by atoms with Crippen molar-refractivity contribution < 1.29 is 4.42 Å². The first-order chi connectivity index (χ1) is 12.4. The fourth-order valence-corrected chi connectivity index (χ4v) is 3.00. The molecule has 3 aromatic rings. The molecule has 0 amide bonds. The van der Waals surface area contributed by atoms with Crippen molar-refractivity contribution in [1.29, 1.82) is 0 Å². The van der Waals surface area contributed by atoms with Crippen LogP contribution in [-0.2, 0) is 6.54 Å². The maximum Gasteiger partial charge on any atom is 0.336 e. The van der Waals surface area contributed by atoms with Crippen LogP contribution in [0.3, 0.4) is 0 Å². The smallest absolute Gasteiger partial charge is 0.336 e. The van der Waals surface area contributed by atoms with E-state index in [1.165, 1.54) is 6.07 Å². The molecule has 0 aliphatic carbocycles. The zero-order valence-electron chi connectivity index (χ0n) is 14.5. The first-order valence-corrected chi connectivity index (χ1v) is 9.00. The summed E-state index contributed by atoms with van der Waals surface area (Å²) in [7, 11) is 0. The van der Waals surface area contributed by atoms with Gasteiger partial charge in [0.1, 0.15) is 5.58 Å². The van der Waals surface area contributed by atoms with E-state index >= 15 is 0 Å². The Labute approximate surface area is 161 Å². The van der Waals surface area contributed by atoms with Gasteiger partial charge in [-0.25, -0.2) is 4.79 Å². The Kier molecular flexibility index (Phi) is 5.58. The van der Waals surface area contributed by atoms with Crippen molar-refractivity contribution in [2.45, 2.75) is 26.8 Å². The predicted molar refractivity (Wildman–Crippen MR) is 108 cm³/mol. The van der Waals surface area contributed by atoms with Crippen molar-refractivity contribution in [2.75, 3.05) is 11.9 Å². The number of benzene rings is 1. The molecular weight excluding hydrogens is 372 g/mol. The third kappa shape index (κ3) is 4.42. The van der Waals surface area contributed by atoms with E-state index in [1.807, 2.05) is 36.9 Å². The molecule has 0 aliphatic rings. The average Bonchev–Trinajstić information content (AvgIpc) is 2.89. The largest absolute Gasteiger partial charge is 0.423 e. The Morgan fingerprint density at radius 2 is 2.15 bits per heavy atom. The van der Waals surface area contributed by atoms with Crippen LogP contribution in [0.4, 0.5) is 5.69 Å². The second kappa shape index (κ2) is 7.88. The van der Waals surface area contributed by atoms with Gasteiger partial charge in [-0.1, -0.05) is 11.6 Å². The summed E-state index contributed by atoms with van der Waals surface area (Å²) in [6, 6.07) is 7.06. The summed E-state index contributed by atoms with van der Waals surface area (Å²) in [4.78, 5) is 11.5. The van der Waals surface area contributed by atoms with Gasteiger partial charge >= 0.3 is 5.63 Å². The van der Waals surface area contributed by atoms with Crippen molar-refractivity contribution in [1.82, 2.24) is 15.1 Å².